The van der Waals surface area contributed by atoms with Crippen LogP contribution in [-0.2, 0) is 14.8 Å². The Labute approximate surface area is 158 Å². The number of rotatable bonds is 6. The Morgan fingerprint density at radius 2 is 1.81 bits per heavy atom. The monoisotopic (exact) mass is 390 g/mol. The molecule has 0 aliphatic carbocycles. The number of anilines is 1. The van der Waals surface area contributed by atoms with E-state index in [9.17, 15) is 13.2 Å². The Balaban J connectivity index is 1.59. The number of sulfonamides is 1. The maximum absolute atomic E-state index is 12.3. The van der Waals surface area contributed by atoms with E-state index in [1.165, 1.54) is 0 Å². The van der Waals surface area contributed by atoms with Crippen LogP contribution in [0.25, 0.3) is 0 Å². The van der Waals surface area contributed by atoms with Gasteiger partial charge in [-0.05, 0) is 31.2 Å². The van der Waals surface area contributed by atoms with Crippen molar-refractivity contribution in [3.8, 4) is 11.5 Å². The highest BCUT2D eigenvalue weighted by Gasteiger charge is 2.24. The minimum Gasteiger partial charge on any atom is -0.486 e. The lowest BCUT2D eigenvalue weighted by Crippen LogP contribution is -2.45. The fourth-order valence-electron chi connectivity index (χ4n) is 2.69. The summed E-state index contributed by atoms with van der Waals surface area (Å²) in [5.41, 5.74) is 1.45. The first-order valence-corrected chi connectivity index (χ1v) is 10.4. The Hall–Kier alpha value is -2.74. The number of amides is 1. The molecular weight excluding hydrogens is 368 g/mol. The first-order valence-electron chi connectivity index (χ1n) is 8.52. The lowest BCUT2D eigenvalue weighted by molar-refractivity contribution is -0.120. The molecule has 0 radical (unpaired) electrons. The zero-order valence-electron chi connectivity index (χ0n) is 15.2. The number of nitrogens with zero attached hydrogens (tertiary/aromatic N) is 1. The number of fused-ring (bicyclic) bond motifs is 1. The Morgan fingerprint density at radius 3 is 2.48 bits per heavy atom. The topological polar surface area (TPSA) is 84.9 Å². The van der Waals surface area contributed by atoms with Gasteiger partial charge in [0.25, 0.3) is 0 Å². The number of carbonyl (C=O) groups is 1. The van der Waals surface area contributed by atoms with Gasteiger partial charge in [0, 0.05) is 0 Å². The van der Waals surface area contributed by atoms with Crippen LogP contribution < -0.4 is 19.1 Å². The van der Waals surface area contributed by atoms with Crippen LogP contribution in [0.4, 0.5) is 5.69 Å². The molecule has 0 fully saturated rings. The molecule has 7 nitrogen and oxygen atoms in total. The van der Waals surface area contributed by atoms with E-state index in [0.29, 0.717) is 23.8 Å². The average molecular weight is 390 g/mol. The summed E-state index contributed by atoms with van der Waals surface area (Å²) in [4.78, 5) is 12.3. The van der Waals surface area contributed by atoms with Crippen molar-refractivity contribution in [2.75, 3.05) is 30.3 Å². The maximum Gasteiger partial charge on any atom is 0.240 e. The molecule has 1 unspecified atom stereocenters. The molecule has 0 aromatic heterocycles. The molecule has 3 rings (SSSR count). The van der Waals surface area contributed by atoms with E-state index in [2.05, 4.69) is 5.32 Å². The molecule has 0 bridgehead atoms. The summed E-state index contributed by atoms with van der Waals surface area (Å²) in [5, 5.41) is 2.72. The third-order valence-corrected chi connectivity index (χ3v) is 5.24. The van der Waals surface area contributed by atoms with Crippen LogP contribution in [0.5, 0.6) is 11.5 Å². The van der Waals surface area contributed by atoms with Crippen LogP contribution in [0, 0.1) is 6.92 Å². The molecule has 2 aromatic rings. The van der Waals surface area contributed by atoms with Crippen LogP contribution in [0.15, 0.2) is 48.5 Å². The molecule has 1 aliphatic heterocycles. The molecule has 8 heteroatoms. The van der Waals surface area contributed by atoms with Gasteiger partial charge in [-0.3, -0.25) is 9.10 Å². The van der Waals surface area contributed by atoms with E-state index in [0.717, 1.165) is 16.1 Å². The van der Waals surface area contributed by atoms with Gasteiger partial charge in [0.1, 0.15) is 19.3 Å². The van der Waals surface area contributed by atoms with E-state index in [1.807, 2.05) is 25.1 Å². The molecule has 1 atom stereocenters. The number of nitrogens with one attached hydrogen (secondary N) is 1. The number of ether oxygens (including phenoxy) is 2. The predicted molar refractivity (Wildman–Crippen MR) is 103 cm³/mol. The van der Waals surface area contributed by atoms with Crippen molar-refractivity contribution in [3.05, 3.63) is 54.1 Å². The molecule has 0 spiro atoms. The van der Waals surface area contributed by atoms with Crippen molar-refractivity contribution < 1.29 is 22.7 Å². The van der Waals surface area contributed by atoms with Crippen molar-refractivity contribution >= 4 is 21.6 Å². The van der Waals surface area contributed by atoms with Gasteiger partial charge in [-0.25, -0.2) is 8.42 Å². The summed E-state index contributed by atoms with van der Waals surface area (Å²) in [5.74, 6) is 0.881. The highest BCUT2D eigenvalue weighted by atomic mass is 32.2. The number of para-hydroxylation sites is 2. The Morgan fingerprint density at radius 1 is 1.15 bits per heavy atom. The molecule has 1 aliphatic rings. The van der Waals surface area contributed by atoms with E-state index in [-0.39, 0.29) is 19.2 Å². The van der Waals surface area contributed by atoms with Crippen LogP contribution in [0.2, 0.25) is 0 Å². The van der Waals surface area contributed by atoms with Gasteiger partial charge in [-0.2, -0.15) is 0 Å². The van der Waals surface area contributed by atoms with Gasteiger partial charge in [-0.15, -0.1) is 0 Å². The molecule has 0 saturated carbocycles. The van der Waals surface area contributed by atoms with E-state index >= 15 is 0 Å². The van der Waals surface area contributed by atoms with Crippen molar-refractivity contribution in [1.82, 2.24) is 5.32 Å². The second-order valence-corrected chi connectivity index (χ2v) is 8.31. The lowest BCUT2D eigenvalue weighted by Gasteiger charge is -2.27. The molecule has 1 heterocycles. The molecular formula is C19H22N2O5S. The number of hydrogen-bond donors (Lipinski definition) is 1. The second kappa shape index (κ2) is 7.87. The number of carbonyl (C=O) groups excluding carboxylic acids is 1. The summed E-state index contributed by atoms with van der Waals surface area (Å²) < 4.78 is 36.7. The van der Waals surface area contributed by atoms with E-state index in [1.54, 1.807) is 30.3 Å². The summed E-state index contributed by atoms with van der Waals surface area (Å²) in [6, 6.07) is 14.3. The fraction of sp³-hybridized carbons (Fsp3) is 0.316. The molecule has 27 heavy (non-hydrogen) atoms. The van der Waals surface area contributed by atoms with Gasteiger partial charge in [0.15, 0.2) is 11.5 Å². The number of aryl methyl sites for hydroxylation is 1. The number of benzene rings is 2. The lowest BCUT2D eigenvalue weighted by atomic mass is 10.2. The van der Waals surface area contributed by atoms with Gasteiger partial charge in [0.05, 0.1) is 18.5 Å². The van der Waals surface area contributed by atoms with Crippen molar-refractivity contribution in [1.29, 1.82) is 0 Å². The predicted octanol–water partition coefficient (Wildman–Crippen LogP) is 1.72. The smallest absolute Gasteiger partial charge is 0.240 e. The molecule has 2 aromatic carbocycles. The molecule has 144 valence electrons. The number of hydrogen-bond acceptors (Lipinski definition) is 5. The molecule has 1 N–H and O–H groups in total. The largest absolute Gasteiger partial charge is 0.486 e. The van der Waals surface area contributed by atoms with Gasteiger partial charge >= 0.3 is 0 Å². The van der Waals surface area contributed by atoms with Gasteiger partial charge in [0.2, 0.25) is 15.9 Å². The summed E-state index contributed by atoms with van der Waals surface area (Å²) in [6.45, 7) is 2.14. The fourth-order valence-corrected chi connectivity index (χ4v) is 3.55. The first kappa shape index (κ1) is 19.0. The summed E-state index contributed by atoms with van der Waals surface area (Å²) in [6.07, 6.45) is 0.740. The minimum absolute atomic E-state index is 0.221. The van der Waals surface area contributed by atoms with Crippen molar-refractivity contribution in [2.24, 2.45) is 0 Å². The van der Waals surface area contributed by atoms with Gasteiger partial charge < -0.3 is 14.8 Å². The van der Waals surface area contributed by atoms with Crippen LogP contribution in [0.1, 0.15) is 5.56 Å². The quantitative estimate of drug-likeness (QED) is 0.812. The molecule has 1 amide bonds. The third-order valence-electron chi connectivity index (χ3n) is 4.10. The maximum atomic E-state index is 12.3. The normalized spacial score (nSPS) is 15.9. The summed E-state index contributed by atoms with van der Waals surface area (Å²) in [7, 11) is -3.59. The van der Waals surface area contributed by atoms with Crippen LogP contribution >= 0.6 is 0 Å². The van der Waals surface area contributed by atoms with Crippen LogP contribution in [-0.4, -0.2) is 46.4 Å². The van der Waals surface area contributed by atoms with Crippen molar-refractivity contribution in [3.63, 3.8) is 0 Å². The summed E-state index contributed by atoms with van der Waals surface area (Å²) >= 11 is 0. The first-order chi connectivity index (χ1) is 12.8. The highest BCUT2D eigenvalue weighted by molar-refractivity contribution is 7.92. The SMILES string of the molecule is Cc1ccc(N(CC(=O)NCC2COc3ccccc3O2)S(C)(=O)=O)cc1. The van der Waals surface area contributed by atoms with E-state index < -0.39 is 15.9 Å². The van der Waals surface area contributed by atoms with E-state index in [4.69, 9.17) is 9.47 Å². The zero-order valence-corrected chi connectivity index (χ0v) is 16.0. The second-order valence-electron chi connectivity index (χ2n) is 6.41. The highest BCUT2D eigenvalue weighted by Crippen LogP contribution is 2.30. The third kappa shape index (κ3) is 4.91. The minimum atomic E-state index is -3.59. The zero-order chi connectivity index (χ0) is 19.4. The average Bonchev–Trinajstić information content (AvgIpc) is 2.64. The van der Waals surface area contributed by atoms with Crippen LogP contribution in [0.3, 0.4) is 0 Å². The molecule has 0 saturated heterocycles. The Bertz CT molecular complexity index is 912. The van der Waals surface area contributed by atoms with Crippen molar-refractivity contribution in [2.45, 2.75) is 13.0 Å². The standard InChI is InChI=1S/C19H22N2O5S/c1-14-7-9-15(10-8-14)21(27(2,23)24)12-19(22)20-11-16-13-25-17-5-3-4-6-18(17)26-16/h3-10,16H,11-13H2,1-2H3,(H,20,22). The Kier molecular flexibility index (Phi) is 5.55. The van der Waals surface area contributed by atoms with Gasteiger partial charge in [-0.1, -0.05) is 29.8 Å².